The number of ether oxygens (including phenoxy) is 2. The molecule has 1 aliphatic carbocycles. The summed E-state index contributed by atoms with van der Waals surface area (Å²) in [5.74, 6) is 0.481. The van der Waals surface area contributed by atoms with E-state index in [2.05, 4.69) is 21.3 Å². The zero-order chi connectivity index (χ0) is 24.1. The van der Waals surface area contributed by atoms with E-state index in [9.17, 15) is 0 Å². The molecule has 0 amide bonds. The predicted molar refractivity (Wildman–Crippen MR) is 128 cm³/mol. The normalized spacial score (nSPS) is 20.3. The highest BCUT2D eigenvalue weighted by Gasteiger charge is 2.31. The summed E-state index contributed by atoms with van der Waals surface area (Å²) in [7, 11) is 1.52. The first-order valence-electron chi connectivity index (χ1n) is 11.7. The Kier molecular flexibility index (Phi) is 5.61. The van der Waals surface area contributed by atoms with E-state index in [4.69, 9.17) is 31.0 Å². The summed E-state index contributed by atoms with van der Waals surface area (Å²) in [6, 6.07) is 5.03. The molecule has 180 valence electrons. The minimum atomic E-state index is -0.484. The van der Waals surface area contributed by atoms with Crippen LogP contribution in [0.25, 0.3) is 22.4 Å². The van der Waals surface area contributed by atoms with Crippen LogP contribution in [0.3, 0.4) is 0 Å². The molecule has 1 aromatic carbocycles. The van der Waals surface area contributed by atoms with Gasteiger partial charge in [-0.3, -0.25) is 4.68 Å². The third-order valence-corrected chi connectivity index (χ3v) is 6.86. The lowest BCUT2D eigenvalue weighted by atomic mass is 9.92. The van der Waals surface area contributed by atoms with Gasteiger partial charge in [0.2, 0.25) is 5.88 Å². The summed E-state index contributed by atoms with van der Waals surface area (Å²) in [4.78, 5) is 18.8. The van der Waals surface area contributed by atoms with Crippen molar-refractivity contribution in [2.75, 3.05) is 13.7 Å². The second-order valence-electron chi connectivity index (χ2n) is 9.11. The monoisotopic (exact) mass is 494 g/mol. The summed E-state index contributed by atoms with van der Waals surface area (Å²) in [5.41, 5.74) is 3.11. The molecule has 8 nitrogen and oxygen atoms in total. The molecule has 1 unspecified atom stereocenters. The van der Waals surface area contributed by atoms with Crippen LogP contribution in [0.15, 0.2) is 30.6 Å². The molecule has 0 spiro atoms. The zero-order valence-corrected chi connectivity index (χ0v) is 20.2. The Hall–Kier alpha value is -3.17. The number of nitrogens with zero attached hydrogens (tertiary/aromatic N) is 6. The predicted octanol–water partition coefficient (Wildman–Crippen LogP) is 5.36. The van der Waals surface area contributed by atoms with Crippen molar-refractivity contribution in [2.24, 2.45) is 0 Å². The Morgan fingerprint density at radius 2 is 2.00 bits per heavy atom. The summed E-state index contributed by atoms with van der Waals surface area (Å²) in [6.45, 7) is 2.38. The van der Waals surface area contributed by atoms with Crippen LogP contribution in [0.5, 0.6) is 5.88 Å². The third-order valence-electron chi connectivity index (χ3n) is 6.62. The quantitative estimate of drug-likeness (QED) is 0.369. The molecule has 1 saturated heterocycles. The molecule has 0 N–H and O–H groups in total. The van der Waals surface area contributed by atoms with Crippen LogP contribution < -0.4 is 4.74 Å². The van der Waals surface area contributed by atoms with Crippen LogP contribution in [-0.4, -0.2) is 43.4 Å². The molecule has 0 bridgehead atoms. The van der Waals surface area contributed by atoms with Crippen LogP contribution >= 0.6 is 11.6 Å². The molecule has 4 aromatic rings. The van der Waals surface area contributed by atoms with E-state index in [1.54, 1.807) is 19.1 Å². The minimum Gasteiger partial charge on any atom is -0.480 e. The molecular weight excluding hydrogens is 471 g/mol. The number of rotatable bonds is 5. The van der Waals surface area contributed by atoms with E-state index in [0.29, 0.717) is 58.3 Å². The molecule has 6 rings (SSSR count). The highest BCUT2D eigenvalue weighted by molar-refractivity contribution is 6.30. The Morgan fingerprint density at radius 3 is 2.77 bits per heavy atom. The Bertz CT molecular complexity index is 1420. The summed E-state index contributed by atoms with van der Waals surface area (Å²) in [6.07, 6.45) is 7.69. The Morgan fingerprint density at radius 1 is 1.14 bits per heavy atom. The first-order valence-corrected chi connectivity index (χ1v) is 12.1. The van der Waals surface area contributed by atoms with Gasteiger partial charge in [-0.25, -0.2) is 24.3 Å². The molecule has 4 heterocycles. The third kappa shape index (κ3) is 4.23. The highest BCUT2D eigenvalue weighted by atomic mass is 35.5. The van der Waals surface area contributed by atoms with Crippen molar-refractivity contribution in [3.05, 3.63) is 58.5 Å². The topological polar surface area (TPSA) is 87.8 Å². The molecule has 1 aliphatic heterocycles. The van der Waals surface area contributed by atoms with E-state index >= 15 is 4.39 Å². The number of fused-ring (bicyclic) bond motifs is 1. The van der Waals surface area contributed by atoms with Gasteiger partial charge in [0.05, 0.1) is 25.5 Å². The molecule has 35 heavy (non-hydrogen) atoms. The van der Waals surface area contributed by atoms with Gasteiger partial charge in [-0.15, -0.1) is 0 Å². The lowest BCUT2D eigenvalue weighted by molar-refractivity contribution is 0.00396. The zero-order valence-electron chi connectivity index (χ0n) is 19.4. The molecule has 10 heteroatoms. The van der Waals surface area contributed by atoms with Crippen molar-refractivity contribution < 1.29 is 13.9 Å². The lowest BCUT2D eigenvalue weighted by Gasteiger charge is -2.28. The molecule has 2 atom stereocenters. The number of methoxy groups -OCH3 is 1. The maximum absolute atomic E-state index is 15.0. The summed E-state index contributed by atoms with van der Waals surface area (Å²) < 4.78 is 28.5. The average molecular weight is 495 g/mol. The fourth-order valence-electron chi connectivity index (χ4n) is 4.60. The van der Waals surface area contributed by atoms with E-state index in [1.165, 1.54) is 26.0 Å². The maximum Gasteiger partial charge on any atom is 0.235 e. The number of benzene rings is 1. The molecular formula is C25H24ClFN6O2. The van der Waals surface area contributed by atoms with Crippen LogP contribution in [-0.2, 0) is 4.74 Å². The molecule has 2 aliphatic rings. The maximum atomic E-state index is 15.0. The van der Waals surface area contributed by atoms with Crippen molar-refractivity contribution in [2.45, 2.75) is 50.7 Å². The van der Waals surface area contributed by atoms with Crippen molar-refractivity contribution in [1.29, 1.82) is 0 Å². The van der Waals surface area contributed by atoms with Crippen LogP contribution in [0, 0.1) is 12.7 Å². The van der Waals surface area contributed by atoms with Gasteiger partial charge < -0.3 is 9.47 Å². The van der Waals surface area contributed by atoms with E-state index in [-0.39, 0.29) is 17.6 Å². The number of hydrogen-bond acceptors (Lipinski definition) is 7. The van der Waals surface area contributed by atoms with Crippen molar-refractivity contribution >= 4 is 22.8 Å². The number of halogens is 2. The van der Waals surface area contributed by atoms with Crippen LogP contribution in [0.4, 0.5) is 4.39 Å². The molecule has 2 fully saturated rings. The van der Waals surface area contributed by atoms with Crippen LogP contribution in [0.2, 0.25) is 5.02 Å². The molecule has 1 saturated carbocycles. The number of aromatic nitrogens is 6. The fourth-order valence-corrected chi connectivity index (χ4v) is 4.76. The second kappa shape index (κ2) is 8.80. The standard InChI is InChI=1S/C25H24ClFN6O2/c1-13-25(34-2)31-22-21(18-6-3-16(26)10-19(18)27)30-23(32-24(22)29-13)14-7-8-35-20(9-14)15-11-28-33(12-15)17-4-5-17/h3,6,10-12,14,17,20H,4-5,7-9H2,1-2H3/t14?,20-/m0/s1. The first kappa shape index (κ1) is 22.3. The van der Waals surface area contributed by atoms with Crippen molar-refractivity contribution in [3.63, 3.8) is 0 Å². The van der Waals surface area contributed by atoms with E-state index in [1.807, 2.05) is 10.9 Å². The van der Waals surface area contributed by atoms with Gasteiger partial charge >= 0.3 is 0 Å². The minimum absolute atomic E-state index is 0.0146. The van der Waals surface area contributed by atoms with E-state index in [0.717, 1.165) is 12.0 Å². The summed E-state index contributed by atoms with van der Waals surface area (Å²) >= 11 is 6.00. The molecule has 3 aromatic heterocycles. The highest BCUT2D eigenvalue weighted by Crippen LogP contribution is 2.40. The number of hydrogen-bond donors (Lipinski definition) is 0. The van der Waals surface area contributed by atoms with Crippen molar-refractivity contribution in [1.82, 2.24) is 29.7 Å². The van der Waals surface area contributed by atoms with Gasteiger partial charge in [0.15, 0.2) is 5.65 Å². The number of aryl methyl sites for hydroxylation is 1. The molecule has 0 radical (unpaired) electrons. The van der Waals surface area contributed by atoms with Gasteiger partial charge in [0.1, 0.15) is 28.5 Å². The lowest BCUT2D eigenvalue weighted by Crippen LogP contribution is -2.20. The largest absolute Gasteiger partial charge is 0.480 e. The van der Waals surface area contributed by atoms with Gasteiger partial charge in [-0.05, 0) is 50.8 Å². The average Bonchev–Trinajstić information content (AvgIpc) is 3.59. The summed E-state index contributed by atoms with van der Waals surface area (Å²) in [5, 5.41) is 4.82. The SMILES string of the molecule is COc1nc2c(-c3ccc(Cl)cc3F)nc(C3CCO[C@H](c4cnn(C5CC5)c4)C3)nc2nc1C. The van der Waals surface area contributed by atoms with Gasteiger partial charge in [0.25, 0.3) is 0 Å². The van der Waals surface area contributed by atoms with E-state index < -0.39 is 5.82 Å². The van der Waals surface area contributed by atoms with Gasteiger partial charge in [-0.2, -0.15) is 5.10 Å². The van der Waals surface area contributed by atoms with Gasteiger partial charge in [-0.1, -0.05) is 11.6 Å². The Balaban J connectivity index is 1.42. The van der Waals surface area contributed by atoms with Gasteiger partial charge in [0, 0.05) is 34.9 Å². The van der Waals surface area contributed by atoms with Crippen LogP contribution in [0.1, 0.15) is 60.8 Å². The first-order chi connectivity index (χ1) is 17.0. The fraction of sp³-hybridized carbons (Fsp3) is 0.400. The second-order valence-corrected chi connectivity index (χ2v) is 9.55. The van der Waals surface area contributed by atoms with Crippen molar-refractivity contribution in [3.8, 4) is 17.1 Å². The smallest absolute Gasteiger partial charge is 0.235 e. The Labute approximate surface area is 206 Å².